The second-order valence-electron chi connectivity index (χ2n) is 7.65. The molecule has 166 valence electrons. The Labute approximate surface area is 184 Å². The van der Waals surface area contributed by atoms with Gasteiger partial charge < -0.3 is 15.0 Å². The fourth-order valence-electron chi connectivity index (χ4n) is 3.81. The number of H-pyrrole nitrogens is 1. The minimum atomic E-state index is -0.509. The minimum absolute atomic E-state index is 0.0640. The van der Waals surface area contributed by atoms with E-state index in [9.17, 15) is 14.0 Å². The van der Waals surface area contributed by atoms with Gasteiger partial charge in [0.05, 0.1) is 6.04 Å². The molecule has 0 bridgehead atoms. The highest BCUT2D eigenvalue weighted by molar-refractivity contribution is 5.89. The Bertz CT molecular complexity index is 1100. The van der Waals surface area contributed by atoms with E-state index in [4.69, 9.17) is 4.74 Å². The van der Waals surface area contributed by atoms with Gasteiger partial charge in [0, 0.05) is 24.7 Å². The summed E-state index contributed by atoms with van der Waals surface area (Å²) in [5.74, 6) is 0.534. The summed E-state index contributed by atoms with van der Waals surface area (Å²) >= 11 is 0. The standard InChI is InChI=1S/C23H24FN5O3/c1-15(30)25-18-12-16(11-17(24)13-18)22-26-23(28-27-22)20-9-5-6-10-29(20)21(31)14-32-19-7-3-2-4-8-19/h2-4,7-8,11-13,20H,5-6,9-10,14H2,1H3,(H,25,30)(H,26,27,28)/t20-/m1/s1. The molecule has 8 nitrogen and oxygen atoms in total. The lowest BCUT2D eigenvalue weighted by molar-refractivity contribution is -0.137. The van der Waals surface area contributed by atoms with Gasteiger partial charge in [0.2, 0.25) is 5.91 Å². The molecule has 1 atom stereocenters. The van der Waals surface area contributed by atoms with E-state index in [1.807, 2.05) is 18.2 Å². The van der Waals surface area contributed by atoms with Gasteiger partial charge in [-0.2, -0.15) is 5.10 Å². The predicted octanol–water partition coefficient (Wildman–Crippen LogP) is 3.70. The summed E-state index contributed by atoms with van der Waals surface area (Å²) in [6.45, 7) is 1.89. The smallest absolute Gasteiger partial charge is 0.261 e. The molecule has 0 radical (unpaired) electrons. The molecule has 3 aromatic rings. The molecule has 0 unspecified atom stereocenters. The summed E-state index contributed by atoms with van der Waals surface area (Å²) in [5, 5.41) is 9.70. The molecule has 2 N–H and O–H groups in total. The molecular formula is C23H24FN5O3. The number of hydrogen-bond acceptors (Lipinski definition) is 5. The Balaban J connectivity index is 1.51. The van der Waals surface area contributed by atoms with Crippen LogP contribution >= 0.6 is 0 Å². The molecule has 1 aliphatic rings. The topological polar surface area (TPSA) is 100 Å². The van der Waals surface area contributed by atoms with Crippen molar-refractivity contribution >= 4 is 17.5 Å². The summed E-state index contributed by atoms with van der Waals surface area (Å²) in [6, 6.07) is 13.1. The Kier molecular flexibility index (Phi) is 6.44. The highest BCUT2D eigenvalue weighted by atomic mass is 19.1. The first-order chi connectivity index (χ1) is 15.5. The molecule has 0 spiro atoms. The van der Waals surface area contributed by atoms with Crippen molar-refractivity contribution in [3.63, 3.8) is 0 Å². The maximum absolute atomic E-state index is 14.0. The molecule has 2 aromatic carbocycles. The second-order valence-corrected chi connectivity index (χ2v) is 7.65. The van der Waals surface area contributed by atoms with Gasteiger partial charge in [-0.3, -0.25) is 14.7 Å². The monoisotopic (exact) mass is 437 g/mol. The molecule has 0 aliphatic carbocycles. The number of ether oxygens (including phenoxy) is 1. The van der Waals surface area contributed by atoms with E-state index in [1.54, 1.807) is 23.1 Å². The number of carbonyl (C=O) groups excluding carboxylic acids is 2. The Hall–Kier alpha value is -3.75. The van der Waals surface area contributed by atoms with Crippen LogP contribution in [0, 0.1) is 5.82 Å². The van der Waals surface area contributed by atoms with E-state index >= 15 is 0 Å². The number of nitrogens with one attached hydrogen (secondary N) is 2. The number of likely N-dealkylation sites (tertiary alicyclic amines) is 1. The van der Waals surface area contributed by atoms with Crippen LogP contribution in [0.4, 0.5) is 10.1 Å². The first-order valence-electron chi connectivity index (χ1n) is 10.5. The first-order valence-corrected chi connectivity index (χ1v) is 10.5. The number of hydrogen-bond donors (Lipinski definition) is 2. The zero-order valence-electron chi connectivity index (χ0n) is 17.7. The number of nitrogens with zero attached hydrogens (tertiary/aromatic N) is 3. The van der Waals surface area contributed by atoms with Crippen molar-refractivity contribution in [1.82, 2.24) is 20.1 Å². The van der Waals surface area contributed by atoms with Gasteiger partial charge in [-0.05, 0) is 49.6 Å². The van der Waals surface area contributed by atoms with Gasteiger partial charge in [0.25, 0.3) is 5.91 Å². The maximum Gasteiger partial charge on any atom is 0.261 e. The third kappa shape index (κ3) is 5.11. The number of rotatable bonds is 6. The fraction of sp³-hybridized carbons (Fsp3) is 0.304. The van der Waals surface area contributed by atoms with Crippen molar-refractivity contribution in [2.24, 2.45) is 0 Å². The molecule has 1 aliphatic heterocycles. The SMILES string of the molecule is CC(=O)Nc1cc(F)cc(-c2n[nH]c([C@H]3CCCCN3C(=O)COc3ccccc3)n2)c1. The van der Waals surface area contributed by atoms with Crippen LogP contribution < -0.4 is 10.1 Å². The zero-order valence-corrected chi connectivity index (χ0v) is 17.7. The third-order valence-electron chi connectivity index (χ3n) is 5.22. The lowest BCUT2D eigenvalue weighted by Gasteiger charge is -2.34. The van der Waals surface area contributed by atoms with E-state index in [1.165, 1.54) is 19.1 Å². The number of para-hydroxylation sites is 1. The van der Waals surface area contributed by atoms with Gasteiger partial charge >= 0.3 is 0 Å². The van der Waals surface area contributed by atoms with Crippen molar-refractivity contribution in [3.8, 4) is 17.1 Å². The Morgan fingerprint density at radius 3 is 2.81 bits per heavy atom. The Morgan fingerprint density at radius 2 is 2.03 bits per heavy atom. The van der Waals surface area contributed by atoms with Crippen molar-refractivity contribution < 1.29 is 18.7 Å². The number of anilines is 1. The average Bonchev–Trinajstić information content (AvgIpc) is 3.28. The molecule has 2 heterocycles. The lowest BCUT2D eigenvalue weighted by atomic mass is 10.0. The summed E-state index contributed by atoms with van der Waals surface area (Å²) < 4.78 is 19.7. The predicted molar refractivity (Wildman–Crippen MR) is 116 cm³/mol. The number of piperidine rings is 1. The van der Waals surface area contributed by atoms with E-state index < -0.39 is 5.82 Å². The molecule has 1 saturated heterocycles. The van der Waals surface area contributed by atoms with Crippen LogP contribution in [0.2, 0.25) is 0 Å². The normalized spacial score (nSPS) is 15.9. The summed E-state index contributed by atoms with van der Waals surface area (Å²) in [5.41, 5.74) is 0.753. The molecule has 4 rings (SSSR count). The largest absolute Gasteiger partial charge is 0.484 e. The van der Waals surface area contributed by atoms with Gasteiger partial charge in [-0.15, -0.1) is 0 Å². The quantitative estimate of drug-likeness (QED) is 0.613. The van der Waals surface area contributed by atoms with E-state index in [0.717, 1.165) is 19.3 Å². The van der Waals surface area contributed by atoms with Crippen molar-refractivity contribution in [2.45, 2.75) is 32.2 Å². The number of benzene rings is 2. The molecule has 32 heavy (non-hydrogen) atoms. The highest BCUT2D eigenvalue weighted by Gasteiger charge is 2.30. The van der Waals surface area contributed by atoms with E-state index in [0.29, 0.717) is 35.2 Å². The molecule has 1 aromatic heterocycles. The minimum Gasteiger partial charge on any atom is -0.484 e. The van der Waals surface area contributed by atoms with Crippen molar-refractivity contribution in [2.75, 3.05) is 18.5 Å². The first kappa shape index (κ1) is 21.5. The van der Waals surface area contributed by atoms with E-state index in [-0.39, 0.29) is 24.5 Å². The maximum atomic E-state index is 14.0. The van der Waals surface area contributed by atoms with Crippen LogP contribution in [0.1, 0.15) is 38.1 Å². The molecular weight excluding hydrogens is 413 g/mol. The lowest BCUT2D eigenvalue weighted by Crippen LogP contribution is -2.41. The summed E-state index contributed by atoms with van der Waals surface area (Å²) in [7, 11) is 0. The number of aromatic nitrogens is 3. The van der Waals surface area contributed by atoms with Crippen molar-refractivity contribution in [1.29, 1.82) is 0 Å². The van der Waals surface area contributed by atoms with E-state index in [2.05, 4.69) is 20.5 Å². The van der Waals surface area contributed by atoms with Crippen LogP contribution in [0.5, 0.6) is 5.75 Å². The zero-order chi connectivity index (χ0) is 22.5. The summed E-state index contributed by atoms with van der Waals surface area (Å²) in [4.78, 5) is 30.5. The fourth-order valence-corrected chi connectivity index (χ4v) is 3.81. The third-order valence-corrected chi connectivity index (χ3v) is 5.22. The summed E-state index contributed by atoms with van der Waals surface area (Å²) in [6.07, 6.45) is 2.60. The molecule has 1 fully saturated rings. The second kappa shape index (κ2) is 9.59. The number of carbonyl (C=O) groups is 2. The molecule has 2 amide bonds. The van der Waals surface area contributed by atoms with Crippen LogP contribution in [-0.4, -0.2) is 45.0 Å². The number of amides is 2. The van der Waals surface area contributed by atoms with Crippen LogP contribution in [-0.2, 0) is 9.59 Å². The van der Waals surface area contributed by atoms with Gasteiger partial charge in [0.15, 0.2) is 12.4 Å². The van der Waals surface area contributed by atoms with Gasteiger partial charge in [-0.1, -0.05) is 18.2 Å². The Morgan fingerprint density at radius 1 is 1.22 bits per heavy atom. The average molecular weight is 437 g/mol. The highest BCUT2D eigenvalue weighted by Crippen LogP contribution is 2.30. The van der Waals surface area contributed by atoms with Gasteiger partial charge in [-0.25, -0.2) is 9.37 Å². The van der Waals surface area contributed by atoms with Crippen LogP contribution in [0.3, 0.4) is 0 Å². The van der Waals surface area contributed by atoms with Gasteiger partial charge in [0.1, 0.15) is 17.4 Å². The number of aromatic amines is 1. The molecule has 9 heteroatoms. The number of halogens is 1. The molecule has 0 saturated carbocycles. The van der Waals surface area contributed by atoms with Crippen LogP contribution in [0.15, 0.2) is 48.5 Å². The van der Waals surface area contributed by atoms with Crippen LogP contribution in [0.25, 0.3) is 11.4 Å². The van der Waals surface area contributed by atoms with Crippen molar-refractivity contribution in [3.05, 3.63) is 60.2 Å².